The molecule has 0 radical (unpaired) electrons. The minimum absolute atomic E-state index is 0.0695. The average Bonchev–Trinajstić information content (AvgIpc) is 3.10. The monoisotopic (exact) mass is 360 g/mol. The molecule has 7 nitrogen and oxygen atoms in total. The Morgan fingerprint density at radius 3 is 3.00 bits per heavy atom. The summed E-state index contributed by atoms with van der Waals surface area (Å²) in [5.74, 6) is 1.34. The Hall–Kier alpha value is -2.35. The molecule has 0 bridgehead atoms. The first-order valence-electron chi connectivity index (χ1n) is 8.21. The van der Waals surface area contributed by atoms with E-state index in [2.05, 4.69) is 20.8 Å². The van der Waals surface area contributed by atoms with Gasteiger partial charge in [0.2, 0.25) is 17.7 Å². The number of benzene rings is 1. The fourth-order valence-corrected chi connectivity index (χ4v) is 3.38. The van der Waals surface area contributed by atoms with Crippen LogP contribution in [0.4, 0.5) is 0 Å². The van der Waals surface area contributed by atoms with Crippen LogP contribution in [0.2, 0.25) is 0 Å². The van der Waals surface area contributed by atoms with Gasteiger partial charge in [-0.3, -0.25) is 9.59 Å². The van der Waals surface area contributed by atoms with Crippen LogP contribution in [0.15, 0.2) is 34.9 Å². The number of aromatic nitrogens is 2. The minimum atomic E-state index is -0.358. The third-order valence-corrected chi connectivity index (χ3v) is 4.87. The molecule has 25 heavy (non-hydrogen) atoms. The summed E-state index contributed by atoms with van der Waals surface area (Å²) in [4.78, 5) is 27.9. The van der Waals surface area contributed by atoms with Crippen LogP contribution >= 0.6 is 11.8 Å². The Balaban J connectivity index is 1.41. The Morgan fingerprint density at radius 2 is 2.20 bits per heavy atom. The Bertz CT molecular complexity index is 720. The van der Waals surface area contributed by atoms with Crippen LogP contribution in [0.1, 0.15) is 36.0 Å². The van der Waals surface area contributed by atoms with Crippen molar-refractivity contribution in [3.8, 4) is 0 Å². The van der Waals surface area contributed by atoms with E-state index in [1.165, 1.54) is 5.56 Å². The highest BCUT2D eigenvalue weighted by Crippen LogP contribution is 2.21. The van der Waals surface area contributed by atoms with Gasteiger partial charge in [0.15, 0.2) is 5.82 Å². The number of nitrogens with zero attached hydrogens (tertiary/aromatic N) is 2. The van der Waals surface area contributed by atoms with Gasteiger partial charge in [-0.05, 0) is 18.4 Å². The minimum Gasteiger partial charge on any atom is -0.355 e. The quantitative estimate of drug-likeness (QED) is 0.779. The summed E-state index contributed by atoms with van der Waals surface area (Å²) in [5.41, 5.74) is 1.19. The first-order valence-corrected chi connectivity index (χ1v) is 9.36. The van der Waals surface area contributed by atoms with E-state index in [0.717, 1.165) is 12.2 Å². The maximum absolute atomic E-state index is 11.9. The number of amides is 2. The van der Waals surface area contributed by atoms with E-state index in [1.54, 1.807) is 11.8 Å². The molecule has 132 valence electrons. The van der Waals surface area contributed by atoms with Crippen LogP contribution < -0.4 is 10.6 Å². The normalized spacial score (nSPS) is 17.1. The Kier molecular flexibility index (Phi) is 6.05. The number of hydrogen-bond acceptors (Lipinski definition) is 6. The van der Waals surface area contributed by atoms with Crippen molar-refractivity contribution in [3.05, 3.63) is 47.6 Å². The molecule has 1 saturated heterocycles. The molecule has 1 unspecified atom stereocenters. The third-order valence-electron chi connectivity index (χ3n) is 3.86. The van der Waals surface area contributed by atoms with Gasteiger partial charge >= 0.3 is 0 Å². The Morgan fingerprint density at radius 1 is 1.36 bits per heavy atom. The highest BCUT2D eigenvalue weighted by atomic mass is 32.2. The molecular formula is C17H20N4O3S. The highest BCUT2D eigenvalue weighted by molar-refractivity contribution is 7.99. The molecule has 2 N–H and O–H groups in total. The molecule has 1 atom stereocenters. The second-order valence-corrected chi connectivity index (χ2v) is 6.77. The van der Waals surface area contributed by atoms with E-state index in [-0.39, 0.29) is 24.3 Å². The second kappa shape index (κ2) is 8.66. The van der Waals surface area contributed by atoms with Gasteiger partial charge in [0.25, 0.3) is 0 Å². The first-order chi connectivity index (χ1) is 12.2. The lowest BCUT2D eigenvalue weighted by Crippen LogP contribution is -2.35. The van der Waals surface area contributed by atoms with Crippen molar-refractivity contribution < 1.29 is 14.1 Å². The van der Waals surface area contributed by atoms with Crippen LogP contribution in [0, 0.1) is 0 Å². The van der Waals surface area contributed by atoms with E-state index in [4.69, 9.17) is 4.52 Å². The molecule has 0 spiro atoms. The summed E-state index contributed by atoms with van der Waals surface area (Å²) < 4.78 is 5.13. The van der Waals surface area contributed by atoms with Gasteiger partial charge in [0.05, 0.1) is 12.3 Å². The zero-order chi connectivity index (χ0) is 17.5. The summed E-state index contributed by atoms with van der Waals surface area (Å²) in [6.45, 7) is 0.864. The first kappa shape index (κ1) is 17.5. The lowest BCUT2D eigenvalue weighted by molar-refractivity contribution is -0.124. The van der Waals surface area contributed by atoms with Crippen LogP contribution in [0.5, 0.6) is 0 Å². The van der Waals surface area contributed by atoms with Gasteiger partial charge in [-0.1, -0.05) is 35.5 Å². The number of nitrogens with one attached hydrogen (secondary N) is 2. The van der Waals surface area contributed by atoms with Crippen LogP contribution in [-0.4, -0.2) is 34.3 Å². The topological polar surface area (TPSA) is 97.1 Å². The second-order valence-electron chi connectivity index (χ2n) is 5.79. The van der Waals surface area contributed by atoms with Gasteiger partial charge in [-0.15, -0.1) is 11.8 Å². The fourth-order valence-electron chi connectivity index (χ4n) is 2.56. The van der Waals surface area contributed by atoms with E-state index in [0.29, 0.717) is 30.4 Å². The number of carbonyl (C=O) groups is 2. The van der Waals surface area contributed by atoms with Gasteiger partial charge < -0.3 is 15.2 Å². The molecule has 1 aliphatic rings. The summed E-state index contributed by atoms with van der Waals surface area (Å²) in [6, 6.07) is 10.0. The molecule has 1 aliphatic heterocycles. The summed E-state index contributed by atoms with van der Waals surface area (Å²) in [6.07, 6.45) is 1.61. The molecule has 0 saturated carbocycles. The van der Waals surface area contributed by atoms with Crippen LogP contribution in [0.3, 0.4) is 0 Å². The molecule has 2 heterocycles. The smallest absolute Gasteiger partial charge is 0.246 e. The molecule has 0 aliphatic carbocycles. The number of rotatable bonds is 7. The van der Waals surface area contributed by atoms with E-state index >= 15 is 0 Å². The molecule has 1 aromatic carbocycles. The van der Waals surface area contributed by atoms with E-state index in [1.807, 2.05) is 30.3 Å². The lowest BCUT2D eigenvalue weighted by atomic mass is 9.98. The van der Waals surface area contributed by atoms with Crippen molar-refractivity contribution in [2.45, 2.75) is 31.1 Å². The van der Waals surface area contributed by atoms with Gasteiger partial charge in [0, 0.05) is 12.3 Å². The number of hydrogen-bond donors (Lipinski definition) is 2. The highest BCUT2D eigenvalue weighted by Gasteiger charge is 2.28. The number of carbonyl (C=O) groups excluding carboxylic acids is 2. The fraction of sp³-hybridized carbons (Fsp3) is 0.412. The number of piperidine rings is 1. The van der Waals surface area contributed by atoms with Crippen molar-refractivity contribution >= 4 is 23.6 Å². The summed E-state index contributed by atoms with van der Waals surface area (Å²) >= 11 is 1.55. The van der Waals surface area contributed by atoms with Crippen molar-refractivity contribution in [3.63, 3.8) is 0 Å². The van der Waals surface area contributed by atoms with E-state index in [9.17, 15) is 9.59 Å². The average molecular weight is 360 g/mol. The molecule has 1 aromatic heterocycles. The molecular weight excluding hydrogens is 340 g/mol. The zero-order valence-corrected chi connectivity index (χ0v) is 14.6. The zero-order valence-electron chi connectivity index (χ0n) is 13.7. The van der Waals surface area contributed by atoms with Crippen molar-refractivity contribution in [2.75, 3.05) is 12.3 Å². The maximum atomic E-state index is 11.9. The van der Waals surface area contributed by atoms with Gasteiger partial charge in [-0.25, -0.2) is 0 Å². The predicted molar refractivity (Wildman–Crippen MR) is 93.7 cm³/mol. The predicted octanol–water partition coefficient (Wildman–Crippen LogP) is 1.61. The summed E-state index contributed by atoms with van der Waals surface area (Å²) in [5, 5.41) is 9.42. The van der Waals surface area contributed by atoms with Crippen molar-refractivity contribution in [1.29, 1.82) is 0 Å². The Labute approximate surface area is 149 Å². The lowest BCUT2D eigenvalue weighted by Gasteiger charge is -2.18. The van der Waals surface area contributed by atoms with E-state index < -0.39 is 0 Å². The largest absolute Gasteiger partial charge is 0.355 e. The SMILES string of the molecule is O=C(CSCc1ccccc1)NCc1nc(C2CCCNC2=O)no1. The molecule has 1 fully saturated rings. The van der Waals surface area contributed by atoms with Crippen molar-refractivity contribution in [1.82, 2.24) is 20.8 Å². The molecule has 8 heteroatoms. The maximum Gasteiger partial charge on any atom is 0.246 e. The van der Waals surface area contributed by atoms with Gasteiger partial charge in [-0.2, -0.15) is 4.98 Å². The molecule has 3 rings (SSSR count). The van der Waals surface area contributed by atoms with Gasteiger partial charge in [0.1, 0.15) is 5.92 Å². The van der Waals surface area contributed by atoms with Crippen molar-refractivity contribution in [2.24, 2.45) is 0 Å². The standard InChI is InChI=1S/C17H20N4O3S/c22-14(11-25-10-12-5-2-1-3-6-12)19-9-15-20-16(21-24-15)13-7-4-8-18-17(13)23/h1-3,5-6,13H,4,7-11H2,(H,18,23)(H,19,22). The van der Waals surface area contributed by atoms with Crippen LogP contribution in [-0.2, 0) is 21.9 Å². The number of thioether (sulfide) groups is 1. The van der Waals surface area contributed by atoms with Crippen LogP contribution in [0.25, 0.3) is 0 Å². The third kappa shape index (κ3) is 5.06. The summed E-state index contributed by atoms with van der Waals surface area (Å²) in [7, 11) is 0. The molecule has 2 amide bonds. The molecule has 2 aromatic rings.